The first kappa shape index (κ1) is 11.7. The van der Waals surface area contributed by atoms with Gasteiger partial charge in [0.2, 0.25) is 6.19 Å². The predicted molar refractivity (Wildman–Crippen MR) is 63.7 cm³/mol. The van der Waals surface area contributed by atoms with E-state index in [9.17, 15) is 0 Å². The van der Waals surface area contributed by atoms with Gasteiger partial charge in [-0.1, -0.05) is 13.0 Å². The summed E-state index contributed by atoms with van der Waals surface area (Å²) in [5.41, 5.74) is 1.04. The Hall–Kier alpha value is -1.34. The van der Waals surface area contributed by atoms with Gasteiger partial charge >= 0.3 is 0 Å². The fourth-order valence-electron chi connectivity index (χ4n) is 1.16. The predicted octanol–water partition coefficient (Wildman–Crippen LogP) is 2.65. The van der Waals surface area contributed by atoms with Gasteiger partial charge in [0, 0.05) is 18.3 Å². The highest BCUT2D eigenvalue weighted by atomic mass is 32.2. The lowest BCUT2D eigenvalue weighted by molar-refractivity contribution is 0.978. The Bertz CT molecular complexity index is 354. The minimum atomic E-state index is 0.795. The maximum atomic E-state index is 8.49. The Kier molecular flexibility index (Phi) is 5.49. The van der Waals surface area contributed by atoms with Crippen LogP contribution in [0.25, 0.3) is 0 Å². The van der Waals surface area contributed by atoms with Crippen LogP contribution in [0.15, 0.2) is 29.4 Å². The molecule has 0 aliphatic rings. The quantitative estimate of drug-likeness (QED) is 0.444. The van der Waals surface area contributed by atoms with Gasteiger partial charge in [0.25, 0.3) is 0 Å². The third-order valence-electron chi connectivity index (χ3n) is 1.81. The molecule has 4 heteroatoms. The summed E-state index contributed by atoms with van der Waals surface area (Å²) in [6.45, 7) is 2.05. The maximum absolute atomic E-state index is 8.49. The number of aromatic nitrogens is 1. The molecule has 0 saturated heterocycles. The van der Waals surface area contributed by atoms with Crippen LogP contribution in [-0.2, 0) is 6.42 Å². The molecule has 0 unspecified atom stereocenters. The molecule has 0 radical (unpaired) electrons. The summed E-state index contributed by atoms with van der Waals surface area (Å²) in [6, 6.07) is 5.85. The summed E-state index contributed by atoms with van der Waals surface area (Å²) in [7, 11) is 0. The van der Waals surface area contributed by atoms with Crippen LogP contribution in [0.5, 0.6) is 0 Å². The number of hydrogen-bond acceptors (Lipinski definition) is 4. The summed E-state index contributed by atoms with van der Waals surface area (Å²) in [5, 5.41) is 9.39. The summed E-state index contributed by atoms with van der Waals surface area (Å²) in [6.07, 6.45) is 5.25. The summed E-state index contributed by atoms with van der Waals surface area (Å²) in [4.78, 5) is 8.01. The van der Waals surface area contributed by atoms with E-state index in [0.29, 0.717) is 0 Å². The highest BCUT2D eigenvalue weighted by Gasteiger charge is 2.01. The zero-order chi connectivity index (χ0) is 10.9. The van der Waals surface area contributed by atoms with E-state index in [4.69, 9.17) is 5.26 Å². The van der Waals surface area contributed by atoms with Crippen molar-refractivity contribution in [2.75, 3.05) is 5.75 Å². The molecule has 15 heavy (non-hydrogen) atoms. The molecule has 0 amide bonds. The molecule has 78 valence electrons. The van der Waals surface area contributed by atoms with Crippen molar-refractivity contribution in [2.24, 2.45) is 4.99 Å². The van der Waals surface area contributed by atoms with E-state index in [2.05, 4.69) is 16.9 Å². The highest BCUT2D eigenvalue weighted by molar-refractivity contribution is 8.13. The molecule has 1 aromatic heterocycles. The molecule has 1 heterocycles. The molecule has 1 aromatic rings. The third kappa shape index (κ3) is 4.61. The first-order chi connectivity index (χ1) is 7.36. The van der Waals surface area contributed by atoms with Crippen molar-refractivity contribution in [1.82, 2.24) is 4.98 Å². The highest BCUT2D eigenvalue weighted by Crippen LogP contribution is 2.10. The van der Waals surface area contributed by atoms with Crippen molar-refractivity contribution in [1.29, 1.82) is 5.26 Å². The van der Waals surface area contributed by atoms with E-state index < -0.39 is 0 Å². The monoisotopic (exact) mass is 219 g/mol. The average molecular weight is 219 g/mol. The molecular weight excluding hydrogens is 206 g/mol. The zero-order valence-corrected chi connectivity index (χ0v) is 9.50. The molecule has 0 N–H and O–H groups in total. The number of nitriles is 1. The molecule has 0 saturated carbocycles. The fourth-order valence-corrected chi connectivity index (χ4v) is 1.85. The number of rotatable bonds is 4. The number of nitrogens with zero attached hydrogens (tertiary/aromatic N) is 3. The third-order valence-corrected chi connectivity index (χ3v) is 2.72. The first-order valence-electron chi connectivity index (χ1n) is 4.85. The van der Waals surface area contributed by atoms with E-state index in [1.807, 2.05) is 24.4 Å². The zero-order valence-electron chi connectivity index (χ0n) is 8.68. The normalized spacial score (nSPS) is 11.1. The van der Waals surface area contributed by atoms with E-state index in [1.54, 1.807) is 18.0 Å². The number of pyridine rings is 1. The Morgan fingerprint density at radius 3 is 3.07 bits per heavy atom. The van der Waals surface area contributed by atoms with Gasteiger partial charge in [-0.15, -0.1) is 11.8 Å². The van der Waals surface area contributed by atoms with E-state index >= 15 is 0 Å². The van der Waals surface area contributed by atoms with Gasteiger partial charge in [-0.05, 0) is 24.3 Å². The van der Waals surface area contributed by atoms with Gasteiger partial charge < -0.3 is 0 Å². The van der Waals surface area contributed by atoms with Gasteiger partial charge in [-0.25, -0.2) is 0 Å². The van der Waals surface area contributed by atoms with E-state index in [1.165, 1.54) is 0 Å². The Labute approximate surface area is 94.3 Å². The van der Waals surface area contributed by atoms with E-state index in [-0.39, 0.29) is 0 Å². The Balaban J connectivity index is 2.48. The molecule has 3 nitrogen and oxygen atoms in total. The average Bonchev–Trinajstić information content (AvgIpc) is 2.28. The largest absolute Gasteiger partial charge is 0.261 e. The molecule has 1 rings (SSSR count). The lowest BCUT2D eigenvalue weighted by atomic mass is 10.2. The van der Waals surface area contributed by atoms with Gasteiger partial charge in [0.1, 0.15) is 0 Å². The van der Waals surface area contributed by atoms with Gasteiger partial charge in [0.15, 0.2) is 0 Å². The SMILES string of the molecule is CCSC(CCc1ccccn1)=NC#N. The fraction of sp³-hybridized carbons (Fsp3) is 0.364. The van der Waals surface area contributed by atoms with Crippen LogP contribution in [0.4, 0.5) is 0 Å². The lowest BCUT2D eigenvalue weighted by Gasteiger charge is -2.01. The van der Waals surface area contributed by atoms with Crippen LogP contribution in [0.2, 0.25) is 0 Å². The minimum Gasteiger partial charge on any atom is -0.261 e. The summed E-state index contributed by atoms with van der Waals surface area (Å²) >= 11 is 1.62. The molecule has 0 aromatic carbocycles. The number of aryl methyl sites for hydroxylation is 1. The van der Waals surface area contributed by atoms with Crippen molar-refractivity contribution in [3.05, 3.63) is 30.1 Å². The van der Waals surface area contributed by atoms with Crippen LogP contribution < -0.4 is 0 Å². The van der Waals surface area contributed by atoms with Crippen LogP contribution in [0, 0.1) is 11.5 Å². The summed E-state index contributed by atoms with van der Waals surface area (Å²) < 4.78 is 0. The van der Waals surface area contributed by atoms with Crippen LogP contribution in [-0.4, -0.2) is 15.8 Å². The molecule has 0 fully saturated rings. The van der Waals surface area contributed by atoms with Gasteiger partial charge in [0.05, 0.1) is 5.04 Å². The second-order valence-corrected chi connectivity index (χ2v) is 4.20. The smallest absolute Gasteiger partial charge is 0.206 e. The van der Waals surface area contributed by atoms with E-state index in [0.717, 1.165) is 29.3 Å². The molecule has 0 aliphatic carbocycles. The number of thioether (sulfide) groups is 1. The maximum Gasteiger partial charge on any atom is 0.206 e. The molecule has 0 atom stereocenters. The first-order valence-corrected chi connectivity index (χ1v) is 5.83. The Morgan fingerprint density at radius 1 is 1.60 bits per heavy atom. The summed E-state index contributed by atoms with van der Waals surface area (Å²) in [5.74, 6) is 0.947. The number of aliphatic imine (C=N–C) groups is 1. The second kappa shape index (κ2) is 7.02. The minimum absolute atomic E-state index is 0.795. The molecular formula is C11H13N3S. The molecule has 0 bridgehead atoms. The molecule has 0 spiro atoms. The second-order valence-electron chi connectivity index (χ2n) is 2.86. The lowest BCUT2D eigenvalue weighted by Crippen LogP contribution is -1.97. The Morgan fingerprint density at radius 2 is 2.47 bits per heavy atom. The molecule has 0 aliphatic heterocycles. The number of hydrogen-bond donors (Lipinski definition) is 0. The van der Waals surface area contributed by atoms with Gasteiger partial charge in [-0.2, -0.15) is 10.3 Å². The van der Waals surface area contributed by atoms with Crippen molar-refractivity contribution >= 4 is 16.8 Å². The van der Waals surface area contributed by atoms with Crippen LogP contribution in [0.1, 0.15) is 19.0 Å². The van der Waals surface area contributed by atoms with Crippen molar-refractivity contribution in [3.63, 3.8) is 0 Å². The standard InChI is InChI=1S/C11H13N3S/c1-2-15-11(14-9-12)7-6-10-5-3-4-8-13-10/h3-5,8H,2,6-7H2,1H3. The van der Waals surface area contributed by atoms with Crippen LogP contribution in [0.3, 0.4) is 0 Å². The van der Waals surface area contributed by atoms with Crippen molar-refractivity contribution in [2.45, 2.75) is 19.8 Å². The van der Waals surface area contributed by atoms with Crippen LogP contribution >= 0.6 is 11.8 Å². The topological polar surface area (TPSA) is 49.0 Å². The van der Waals surface area contributed by atoms with Crippen molar-refractivity contribution < 1.29 is 0 Å². The van der Waals surface area contributed by atoms with Gasteiger partial charge in [-0.3, -0.25) is 4.98 Å². The van der Waals surface area contributed by atoms with Crippen molar-refractivity contribution in [3.8, 4) is 6.19 Å².